The highest BCUT2D eigenvalue weighted by molar-refractivity contribution is 7.07. The zero-order valence-corrected chi connectivity index (χ0v) is 6.97. The maximum absolute atomic E-state index is 9.45. The van der Waals surface area contributed by atoms with E-state index in [0.29, 0.717) is 12.8 Å². The Morgan fingerprint density at radius 3 is 3.09 bits per heavy atom. The van der Waals surface area contributed by atoms with Gasteiger partial charge in [0.1, 0.15) is 0 Å². The summed E-state index contributed by atoms with van der Waals surface area (Å²) in [5.41, 5.74) is 0.977. The topological polar surface area (TPSA) is 20.2 Å². The van der Waals surface area contributed by atoms with Crippen LogP contribution in [0.5, 0.6) is 0 Å². The van der Waals surface area contributed by atoms with Crippen LogP contribution in [-0.4, -0.2) is 5.11 Å². The molecule has 2 heteroatoms. The lowest BCUT2D eigenvalue weighted by Crippen LogP contribution is -1.93. The molecule has 0 saturated heterocycles. The Hall–Kier alpha value is -0.780. The van der Waals surface area contributed by atoms with Gasteiger partial charge in [0, 0.05) is 6.42 Å². The predicted octanol–water partition coefficient (Wildman–Crippen LogP) is 2.19. The van der Waals surface area contributed by atoms with Crippen molar-refractivity contribution in [1.82, 2.24) is 0 Å². The van der Waals surface area contributed by atoms with Crippen molar-refractivity contribution in [2.45, 2.75) is 18.9 Å². The molecule has 0 aliphatic carbocycles. The molecule has 1 nitrogen and oxygen atoms in total. The minimum Gasteiger partial charge on any atom is -0.388 e. The third-order valence-corrected chi connectivity index (χ3v) is 2.19. The summed E-state index contributed by atoms with van der Waals surface area (Å²) in [5, 5.41) is 13.4. The van der Waals surface area contributed by atoms with Crippen molar-refractivity contribution in [3.63, 3.8) is 0 Å². The average Bonchev–Trinajstić information content (AvgIpc) is 2.52. The summed E-state index contributed by atoms with van der Waals surface area (Å²) in [4.78, 5) is 0. The number of rotatable bonds is 3. The molecule has 0 aliphatic rings. The second kappa shape index (κ2) is 4.17. The molecule has 0 amide bonds. The largest absolute Gasteiger partial charge is 0.388 e. The fourth-order valence-corrected chi connectivity index (χ4v) is 1.56. The Morgan fingerprint density at radius 1 is 1.73 bits per heavy atom. The molecule has 11 heavy (non-hydrogen) atoms. The van der Waals surface area contributed by atoms with Crippen LogP contribution < -0.4 is 0 Å². The molecular weight excluding hydrogens is 156 g/mol. The van der Waals surface area contributed by atoms with Crippen LogP contribution in [0.25, 0.3) is 0 Å². The quantitative estimate of drug-likeness (QED) is 0.682. The van der Waals surface area contributed by atoms with Gasteiger partial charge < -0.3 is 5.11 Å². The highest BCUT2D eigenvalue weighted by atomic mass is 32.1. The third-order valence-electron chi connectivity index (χ3n) is 1.49. The SMILES string of the molecule is C#CCCC(O)c1ccsc1. The average molecular weight is 166 g/mol. The van der Waals surface area contributed by atoms with Crippen molar-refractivity contribution in [2.24, 2.45) is 0 Å². The van der Waals surface area contributed by atoms with Gasteiger partial charge in [0.25, 0.3) is 0 Å². The number of thiophene rings is 1. The molecule has 1 atom stereocenters. The summed E-state index contributed by atoms with van der Waals surface area (Å²) in [6.07, 6.45) is 5.99. The first-order valence-electron chi connectivity index (χ1n) is 3.48. The van der Waals surface area contributed by atoms with Crippen molar-refractivity contribution < 1.29 is 5.11 Å². The van der Waals surface area contributed by atoms with Crippen LogP contribution in [0.1, 0.15) is 24.5 Å². The standard InChI is InChI=1S/C9H10OS/c1-2-3-4-9(10)8-5-6-11-7-8/h1,5-7,9-10H,3-4H2. The lowest BCUT2D eigenvalue weighted by atomic mass is 10.1. The fraction of sp³-hybridized carbons (Fsp3) is 0.333. The Balaban J connectivity index is 2.44. The van der Waals surface area contributed by atoms with Crippen LogP contribution in [-0.2, 0) is 0 Å². The van der Waals surface area contributed by atoms with Crippen molar-refractivity contribution >= 4 is 11.3 Å². The van der Waals surface area contributed by atoms with E-state index in [1.165, 1.54) is 0 Å². The Labute approximate surface area is 70.7 Å². The summed E-state index contributed by atoms with van der Waals surface area (Å²) in [6.45, 7) is 0. The smallest absolute Gasteiger partial charge is 0.0807 e. The molecule has 1 aromatic heterocycles. The van der Waals surface area contributed by atoms with E-state index >= 15 is 0 Å². The number of hydrogen-bond donors (Lipinski definition) is 1. The minimum atomic E-state index is -0.378. The van der Waals surface area contributed by atoms with Gasteiger partial charge in [-0.1, -0.05) is 0 Å². The Morgan fingerprint density at radius 2 is 2.55 bits per heavy atom. The summed E-state index contributed by atoms with van der Waals surface area (Å²) < 4.78 is 0. The van der Waals surface area contributed by atoms with Gasteiger partial charge >= 0.3 is 0 Å². The van der Waals surface area contributed by atoms with Gasteiger partial charge in [0.05, 0.1) is 6.10 Å². The maximum atomic E-state index is 9.45. The predicted molar refractivity (Wildman–Crippen MR) is 47.3 cm³/mol. The molecule has 1 rings (SSSR count). The van der Waals surface area contributed by atoms with Crippen LogP contribution in [0.2, 0.25) is 0 Å². The highest BCUT2D eigenvalue weighted by Crippen LogP contribution is 2.19. The van der Waals surface area contributed by atoms with Crippen molar-refractivity contribution in [2.75, 3.05) is 0 Å². The summed E-state index contributed by atoms with van der Waals surface area (Å²) >= 11 is 1.59. The second-order valence-electron chi connectivity index (χ2n) is 2.32. The van der Waals surface area contributed by atoms with Gasteiger partial charge in [0.2, 0.25) is 0 Å². The van der Waals surface area contributed by atoms with Gasteiger partial charge in [-0.05, 0) is 28.8 Å². The summed E-state index contributed by atoms with van der Waals surface area (Å²) in [6, 6.07) is 1.92. The molecule has 0 aliphatic heterocycles. The van der Waals surface area contributed by atoms with E-state index in [1.54, 1.807) is 11.3 Å². The van der Waals surface area contributed by atoms with E-state index in [0.717, 1.165) is 5.56 Å². The Bertz CT molecular complexity index is 233. The normalized spacial score (nSPS) is 12.4. The van der Waals surface area contributed by atoms with Gasteiger partial charge in [0.15, 0.2) is 0 Å². The minimum absolute atomic E-state index is 0.378. The van der Waals surface area contributed by atoms with Crippen molar-refractivity contribution in [3.8, 4) is 12.3 Å². The van der Waals surface area contributed by atoms with Gasteiger partial charge in [-0.2, -0.15) is 11.3 Å². The van der Waals surface area contributed by atoms with E-state index in [4.69, 9.17) is 6.42 Å². The zero-order chi connectivity index (χ0) is 8.10. The van der Waals surface area contributed by atoms with E-state index in [2.05, 4.69) is 5.92 Å². The number of aliphatic hydroxyl groups excluding tert-OH is 1. The molecule has 0 aromatic carbocycles. The van der Waals surface area contributed by atoms with E-state index < -0.39 is 0 Å². The molecule has 0 radical (unpaired) electrons. The molecule has 0 spiro atoms. The zero-order valence-electron chi connectivity index (χ0n) is 6.16. The molecule has 0 bridgehead atoms. The van der Waals surface area contributed by atoms with Crippen LogP contribution >= 0.6 is 11.3 Å². The molecular formula is C9H10OS. The molecule has 0 saturated carbocycles. The first-order chi connectivity index (χ1) is 5.34. The van der Waals surface area contributed by atoms with Crippen LogP contribution in [0.15, 0.2) is 16.8 Å². The van der Waals surface area contributed by atoms with Gasteiger partial charge in [-0.25, -0.2) is 0 Å². The number of hydrogen-bond acceptors (Lipinski definition) is 2. The first kappa shape index (κ1) is 8.32. The van der Waals surface area contributed by atoms with E-state index in [9.17, 15) is 5.11 Å². The summed E-state index contributed by atoms with van der Waals surface area (Å²) in [7, 11) is 0. The summed E-state index contributed by atoms with van der Waals surface area (Å²) in [5.74, 6) is 2.50. The van der Waals surface area contributed by atoms with Gasteiger partial charge in [-0.3, -0.25) is 0 Å². The molecule has 0 fully saturated rings. The fourth-order valence-electron chi connectivity index (χ4n) is 0.851. The number of terminal acetylenes is 1. The van der Waals surface area contributed by atoms with Crippen LogP contribution in [0, 0.1) is 12.3 Å². The molecule has 1 N–H and O–H groups in total. The maximum Gasteiger partial charge on any atom is 0.0807 e. The highest BCUT2D eigenvalue weighted by Gasteiger charge is 2.05. The third kappa shape index (κ3) is 2.38. The van der Waals surface area contributed by atoms with Crippen molar-refractivity contribution in [3.05, 3.63) is 22.4 Å². The lowest BCUT2D eigenvalue weighted by Gasteiger charge is -2.04. The van der Waals surface area contributed by atoms with Crippen LogP contribution in [0.4, 0.5) is 0 Å². The molecule has 1 heterocycles. The van der Waals surface area contributed by atoms with Gasteiger partial charge in [-0.15, -0.1) is 12.3 Å². The monoisotopic (exact) mass is 166 g/mol. The van der Waals surface area contributed by atoms with Crippen LogP contribution in [0.3, 0.4) is 0 Å². The molecule has 1 unspecified atom stereocenters. The van der Waals surface area contributed by atoms with E-state index in [1.807, 2.05) is 16.8 Å². The Kier molecular flexibility index (Phi) is 3.15. The van der Waals surface area contributed by atoms with E-state index in [-0.39, 0.29) is 6.10 Å². The molecule has 1 aromatic rings. The number of aliphatic hydroxyl groups is 1. The molecule has 58 valence electrons. The lowest BCUT2D eigenvalue weighted by molar-refractivity contribution is 0.170. The first-order valence-corrected chi connectivity index (χ1v) is 4.42. The second-order valence-corrected chi connectivity index (χ2v) is 3.10. The van der Waals surface area contributed by atoms with Crippen molar-refractivity contribution in [1.29, 1.82) is 0 Å².